The number of aryl methyl sites for hydroxylation is 1. The van der Waals surface area contributed by atoms with Crippen molar-refractivity contribution in [2.75, 3.05) is 13.1 Å². The van der Waals surface area contributed by atoms with Crippen molar-refractivity contribution in [3.05, 3.63) is 29.8 Å². The van der Waals surface area contributed by atoms with Crippen molar-refractivity contribution in [1.82, 2.24) is 5.32 Å². The number of ether oxygens (including phenoxy) is 2. The van der Waals surface area contributed by atoms with Crippen molar-refractivity contribution in [2.24, 2.45) is 0 Å². The molecule has 1 aromatic carbocycles. The van der Waals surface area contributed by atoms with Crippen LogP contribution >= 0.6 is 0 Å². The number of benzene rings is 1. The van der Waals surface area contributed by atoms with Crippen LogP contribution in [0.25, 0.3) is 0 Å². The van der Waals surface area contributed by atoms with Crippen LogP contribution in [-0.4, -0.2) is 31.3 Å². The summed E-state index contributed by atoms with van der Waals surface area (Å²) in [5.41, 5.74) is 0.910. The summed E-state index contributed by atoms with van der Waals surface area (Å²) >= 11 is 0. The van der Waals surface area contributed by atoms with Gasteiger partial charge in [0.15, 0.2) is 0 Å². The Morgan fingerprint density at radius 3 is 2.29 bits per heavy atom. The van der Waals surface area contributed by atoms with Gasteiger partial charge in [0.25, 0.3) is 6.47 Å². The van der Waals surface area contributed by atoms with Gasteiger partial charge in [-0.1, -0.05) is 18.2 Å². The minimum Gasteiger partial charge on any atom is -0.490 e. The quantitative estimate of drug-likeness (QED) is 0.870. The van der Waals surface area contributed by atoms with E-state index in [1.54, 1.807) is 0 Å². The van der Waals surface area contributed by atoms with Crippen LogP contribution in [0.5, 0.6) is 5.75 Å². The Balaban J connectivity index is 0.000000270. The average Bonchev–Trinajstić information content (AvgIpc) is 2.42. The van der Waals surface area contributed by atoms with Crippen LogP contribution < -0.4 is 10.1 Å². The lowest BCUT2D eigenvalue weighted by molar-refractivity contribution is -0.138. The highest BCUT2D eigenvalue weighted by Gasteiger charge is 2.14. The van der Waals surface area contributed by atoms with Crippen molar-refractivity contribution >= 4 is 6.47 Å². The van der Waals surface area contributed by atoms with Gasteiger partial charge in [0.1, 0.15) is 17.5 Å². The van der Waals surface area contributed by atoms with E-state index in [0.29, 0.717) is 12.6 Å². The van der Waals surface area contributed by atoms with Gasteiger partial charge >= 0.3 is 0 Å². The first-order chi connectivity index (χ1) is 9.92. The topological polar surface area (TPSA) is 47.6 Å². The molecular weight excluding hydrogens is 266 g/mol. The highest BCUT2D eigenvalue weighted by Crippen LogP contribution is 2.20. The fourth-order valence-electron chi connectivity index (χ4n) is 1.93. The normalized spacial score (nSPS) is 15.6. The maximum atomic E-state index is 9.60. The van der Waals surface area contributed by atoms with E-state index >= 15 is 0 Å². The third-order valence-corrected chi connectivity index (χ3v) is 3.08. The van der Waals surface area contributed by atoms with Crippen LogP contribution in [0.3, 0.4) is 0 Å². The standard InChI is InChI=1S/C12H17NO.C5H10O2/c1-10-4-2-3-5-12(10)14-11-6-8-13-9-7-11;1-5(2,3)7-4-6/h2-5,11,13H,6-9H2,1H3;4H,1-3H3. The Kier molecular flexibility index (Phi) is 7.23. The molecule has 0 atom stereocenters. The molecule has 1 aliphatic heterocycles. The van der Waals surface area contributed by atoms with E-state index in [1.807, 2.05) is 32.9 Å². The molecule has 4 heteroatoms. The number of piperidine rings is 1. The largest absolute Gasteiger partial charge is 0.490 e. The fraction of sp³-hybridized carbons (Fsp3) is 0.588. The molecule has 118 valence electrons. The molecular formula is C17H27NO3. The molecule has 1 fully saturated rings. The lowest BCUT2D eigenvalue weighted by atomic mass is 10.1. The Labute approximate surface area is 127 Å². The Bertz CT molecular complexity index is 420. The van der Waals surface area contributed by atoms with E-state index < -0.39 is 0 Å². The van der Waals surface area contributed by atoms with Crippen LogP contribution in [0.15, 0.2) is 24.3 Å². The zero-order chi connectivity index (χ0) is 15.7. The number of carbonyl (C=O) groups excluding carboxylic acids is 1. The van der Waals surface area contributed by atoms with E-state index in [2.05, 4.69) is 29.1 Å². The summed E-state index contributed by atoms with van der Waals surface area (Å²) in [5.74, 6) is 1.04. The first-order valence-corrected chi connectivity index (χ1v) is 7.47. The molecule has 1 saturated heterocycles. The predicted octanol–water partition coefficient (Wildman–Crippen LogP) is 3.08. The highest BCUT2D eigenvalue weighted by atomic mass is 16.5. The molecule has 0 spiro atoms. The van der Waals surface area contributed by atoms with Gasteiger partial charge in [-0.3, -0.25) is 4.79 Å². The minimum absolute atomic E-state index is 0.318. The maximum absolute atomic E-state index is 9.60. The van der Waals surface area contributed by atoms with Crippen molar-refractivity contribution in [3.63, 3.8) is 0 Å². The molecule has 0 bridgehead atoms. The number of hydrogen-bond acceptors (Lipinski definition) is 4. The summed E-state index contributed by atoms with van der Waals surface area (Å²) < 4.78 is 10.5. The van der Waals surface area contributed by atoms with Gasteiger partial charge < -0.3 is 14.8 Å². The summed E-state index contributed by atoms with van der Waals surface area (Å²) in [6, 6.07) is 8.22. The molecule has 2 rings (SSSR count). The van der Waals surface area contributed by atoms with Crippen molar-refractivity contribution < 1.29 is 14.3 Å². The summed E-state index contributed by atoms with van der Waals surface area (Å²) in [7, 11) is 0. The summed E-state index contributed by atoms with van der Waals surface area (Å²) in [5, 5.41) is 3.34. The molecule has 1 aliphatic rings. The molecule has 0 radical (unpaired) electrons. The number of hydrogen-bond donors (Lipinski definition) is 1. The highest BCUT2D eigenvalue weighted by molar-refractivity contribution is 5.37. The molecule has 1 N–H and O–H groups in total. The summed E-state index contributed by atoms with van der Waals surface area (Å²) in [6.07, 6.45) is 2.64. The smallest absolute Gasteiger partial charge is 0.293 e. The second-order valence-corrected chi connectivity index (χ2v) is 6.16. The number of carbonyl (C=O) groups is 1. The molecule has 21 heavy (non-hydrogen) atoms. The van der Waals surface area contributed by atoms with Gasteiger partial charge in [-0.05, 0) is 65.3 Å². The van der Waals surface area contributed by atoms with Crippen LogP contribution in [0, 0.1) is 6.92 Å². The van der Waals surface area contributed by atoms with Gasteiger partial charge in [-0.2, -0.15) is 0 Å². The molecule has 1 heterocycles. The first-order valence-electron chi connectivity index (χ1n) is 7.47. The molecule has 4 nitrogen and oxygen atoms in total. The van der Waals surface area contributed by atoms with Crippen molar-refractivity contribution in [1.29, 1.82) is 0 Å². The minimum atomic E-state index is -0.318. The predicted molar refractivity (Wildman–Crippen MR) is 84.6 cm³/mol. The molecule has 0 aromatic heterocycles. The van der Waals surface area contributed by atoms with E-state index in [1.165, 1.54) is 5.56 Å². The first kappa shape index (κ1) is 17.5. The molecule has 0 aliphatic carbocycles. The van der Waals surface area contributed by atoms with Crippen LogP contribution in [-0.2, 0) is 9.53 Å². The van der Waals surface area contributed by atoms with E-state index in [9.17, 15) is 4.79 Å². The van der Waals surface area contributed by atoms with Crippen molar-refractivity contribution in [3.8, 4) is 5.75 Å². The average molecular weight is 293 g/mol. The third kappa shape index (κ3) is 7.71. The van der Waals surface area contributed by atoms with Gasteiger partial charge in [-0.15, -0.1) is 0 Å². The zero-order valence-corrected chi connectivity index (χ0v) is 13.5. The lowest BCUT2D eigenvalue weighted by Crippen LogP contribution is -2.34. The second-order valence-electron chi connectivity index (χ2n) is 6.16. The van der Waals surface area contributed by atoms with E-state index in [-0.39, 0.29) is 5.60 Å². The number of rotatable bonds is 3. The summed E-state index contributed by atoms with van der Waals surface area (Å²) in [6.45, 7) is 10.2. The van der Waals surface area contributed by atoms with Crippen LogP contribution in [0.2, 0.25) is 0 Å². The Morgan fingerprint density at radius 1 is 1.19 bits per heavy atom. The molecule has 0 saturated carbocycles. The third-order valence-electron chi connectivity index (χ3n) is 3.08. The van der Waals surface area contributed by atoms with Crippen LogP contribution in [0.1, 0.15) is 39.2 Å². The van der Waals surface area contributed by atoms with Gasteiger partial charge in [0, 0.05) is 0 Å². The SMILES string of the molecule is CC(C)(C)OC=O.Cc1ccccc1OC1CCNCC1. The molecule has 0 amide bonds. The Morgan fingerprint density at radius 2 is 1.81 bits per heavy atom. The summed E-state index contributed by atoms with van der Waals surface area (Å²) in [4.78, 5) is 9.60. The van der Waals surface area contributed by atoms with Gasteiger partial charge in [0.05, 0.1) is 0 Å². The molecule has 1 aromatic rings. The lowest BCUT2D eigenvalue weighted by Gasteiger charge is -2.24. The van der Waals surface area contributed by atoms with Gasteiger partial charge in [0.2, 0.25) is 0 Å². The van der Waals surface area contributed by atoms with Crippen molar-refractivity contribution in [2.45, 2.75) is 52.2 Å². The monoisotopic (exact) mass is 293 g/mol. The number of para-hydroxylation sites is 1. The fourth-order valence-corrected chi connectivity index (χ4v) is 1.93. The van der Waals surface area contributed by atoms with Crippen LogP contribution in [0.4, 0.5) is 0 Å². The van der Waals surface area contributed by atoms with Gasteiger partial charge in [-0.25, -0.2) is 0 Å². The zero-order valence-electron chi connectivity index (χ0n) is 13.5. The second kappa shape index (κ2) is 8.67. The van der Waals surface area contributed by atoms with E-state index in [0.717, 1.165) is 31.7 Å². The maximum Gasteiger partial charge on any atom is 0.293 e. The number of nitrogens with one attached hydrogen (secondary N) is 1. The Hall–Kier alpha value is -1.55. The molecule has 0 unspecified atom stereocenters. The van der Waals surface area contributed by atoms with E-state index in [4.69, 9.17) is 4.74 Å².